The fraction of sp³-hybridized carbons (Fsp3) is 0.571. The van der Waals surface area contributed by atoms with E-state index in [1.165, 1.54) is 13.5 Å². The van der Waals surface area contributed by atoms with Gasteiger partial charge < -0.3 is 21.1 Å². The lowest BCUT2D eigenvalue weighted by Gasteiger charge is -2.43. The Morgan fingerprint density at radius 2 is 1.75 bits per heavy atom. The van der Waals surface area contributed by atoms with Gasteiger partial charge in [0.2, 0.25) is 5.91 Å². The van der Waals surface area contributed by atoms with Gasteiger partial charge in [0.05, 0.1) is 13.5 Å². The number of ether oxygens (including phenoxy) is 1. The molecule has 28 heavy (non-hydrogen) atoms. The summed E-state index contributed by atoms with van der Waals surface area (Å²) in [6, 6.07) is 7.02. The molecule has 2 bridgehead atoms. The summed E-state index contributed by atoms with van der Waals surface area (Å²) in [6.07, 6.45) is 5.33. The molecule has 3 rings (SSSR count). The standard InChI is InChI=1S/C21H29N3O4/c1-28-18(25)9-10-23-20(26)13-5-7-17(8-6-13)24-21(27)16-11-14-3-2-4-15(12-16)19(14)22/h5-8,14-16,19H,2-4,9-12,22H2,1H3,(H,23,26)(H,24,27). The zero-order chi connectivity index (χ0) is 20.1. The van der Waals surface area contributed by atoms with Gasteiger partial charge in [-0.25, -0.2) is 0 Å². The molecule has 2 amide bonds. The van der Waals surface area contributed by atoms with Crippen molar-refractivity contribution in [2.24, 2.45) is 23.5 Å². The van der Waals surface area contributed by atoms with Crippen LogP contribution in [0.4, 0.5) is 5.69 Å². The number of nitrogens with one attached hydrogen (secondary N) is 2. The van der Waals surface area contributed by atoms with Crippen LogP contribution in [0.1, 0.15) is 48.9 Å². The Hall–Kier alpha value is -2.41. The van der Waals surface area contributed by atoms with Crippen LogP contribution in [0.3, 0.4) is 0 Å². The number of rotatable bonds is 6. The summed E-state index contributed by atoms with van der Waals surface area (Å²) in [6.45, 7) is 0.218. The van der Waals surface area contributed by atoms with Crippen molar-refractivity contribution in [1.82, 2.24) is 5.32 Å². The number of hydrogen-bond acceptors (Lipinski definition) is 5. The van der Waals surface area contributed by atoms with E-state index >= 15 is 0 Å². The molecule has 2 aliphatic rings. The quantitative estimate of drug-likeness (QED) is 0.647. The lowest BCUT2D eigenvalue weighted by Crippen LogP contribution is -2.48. The van der Waals surface area contributed by atoms with Crippen LogP contribution in [-0.4, -0.2) is 37.5 Å². The van der Waals surface area contributed by atoms with E-state index in [0.717, 1.165) is 25.7 Å². The molecule has 2 fully saturated rings. The van der Waals surface area contributed by atoms with Crippen LogP contribution in [0, 0.1) is 17.8 Å². The summed E-state index contributed by atoms with van der Waals surface area (Å²) in [7, 11) is 1.31. The highest BCUT2D eigenvalue weighted by atomic mass is 16.5. The van der Waals surface area contributed by atoms with Crippen LogP contribution >= 0.6 is 0 Å². The van der Waals surface area contributed by atoms with Crippen LogP contribution in [0.15, 0.2) is 24.3 Å². The number of carbonyl (C=O) groups is 3. The highest BCUT2D eigenvalue weighted by Crippen LogP contribution is 2.42. The van der Waals surface area contributed by atoms with E-state index in [-0.39, 0.29) is 42.7 Å². The van der Waals surface area contributed by atoms with E-state index in [1.807, 2.05) is 0 Å². The van der Waals surface area contributed by atoms with Crippen LogP contribution < -0.4 is 16.4 Å². The van der Waals surface area contributed by atoms with Crippen molar-refractivity contribution in [3.63, 3.8) is 0 Å². The van der Waals surface area contributed by atoms with Gasteiger partial charge in [-0.2, -0.15) is 0 Å². The number of methoxy groups -OCH3 is 1. The van der Waals surface area contributed by atoms with Gasteiger partial charge in [-0.1, -0.05) is 6.42 Å². The zero-order valence-electron chi connectivity index (χ0n) is 16.3. The molecule has 2 atom stereocenters. The monoisotopic (exact) mass is 387 g/mol. The third-order valence-electron chi connectivity index (χ3n) is 6.04. The fourth-order valence-corrected chi connectivity index (χ4v) is 4.43. The minimum absolute atomic E-state index is 0.0106. The van der Waals surface area contributed by atoms with E-state index in [0.29, 0.717) is 23.1 Å². The number of esters is 1. The van der Waals surface area contributed by atoms with Crippen molar-refractivity contribution in [3.05, 3.63) is 29.8 Å². The van der Waals surface area contributed by atoms with E-state index in [4.69, 9.17) is 5.73 Å². The summed E-state index contributed by atoms with van der Waals surface area (Å²) in [5.74, 6) is 0.330. The summed E-state index contributed by atoms with van der Waals surface area (Å²) in [5.41, 5.74) is 7.46. The number of carbonyl (C=O) groups excluding carboxylic acids is 3. The van der Waals surface area contributed by atoms with Crippen molar-refractivity contribution in [3.8, 4) is 0 Å². The first-order valence-corrected chi connectivity index (χ1v) is 9.99. The second kappa shape index (κ2) is 9.19. The van der Waals surface area contributed by atoms with E-state index in [1.54, 1.807) is 24.3 Å². The average molecular weight is 387 g/mol. The first-order chi connectivity index (χ1) is 13.5. The van der Waals surface area contributed by atoms with Gasteiger partial charge in [-0.3, -0.25) is 14.4 Å². The molecule has 2 unspecified atom stereocenters. The largest absolute Gasteiger partial charge is 0.469 e. The molecule has 0 aliphatic heterocycles. The van der Waals surface area contributed by atoms with E-state index < -0.39 is 0 Å². The molecule has 7 heteroatoms. The van der Waals surface area contributed by atoms with Crippen LogP contribution in [-0.2, 0) is 14.3 Å². The number of benzene rings is 1. The van der Waals surface area contributed by atoms with Gasteiger partial charge >= 0.3 is 5.97 Å². The lowest BCUT2D eigenvalue weighted by molar-refractivity contribution is -0.140. The topological polar surface area (TPSA) is 111 Å². The predicted octanol–water partition coefficient (Wildman–Crippen LogP) is 2.07. The van der Waals surface area contributed by atoms with E-state index in [2.05, 4.69) is 15.4 Å². The Morgan fingerprint density at radius 3 is 2.36 bits per heavy atom. The molecule has 7 nitrogen and oxygen atoms in total. The maximum atomic E-state index is 12.7. The summed E-state index contributed by atoms with van der Waals surface area (Å²) >= 11 is 0. The molecule has 0 saturated heterocycles. The number of nitrogens with two attached hydrogens (primary N) is 1. The Morgan fingerprint density at radius 1 is 1.11 bits per heavy atom. The lowest BCUT2D eigenvalue weighted by atomic mass is 9.65. The molecule has 152 valence electrons. The second-order valence-electron chi connectivity index (χ2n) is 7.85. The molecule has 2 aliphatic carbocycles. The molecule has 1 aromatic carbocycles. The average Bonchev–Trinajstić information content (AvgIpc) is 2.68. The maximum Gasteiger partial charge on any atom is 0.307 e. The molecule has 0 heterocycles. The normalized spacial score (nSPS) is 26.2. The van der Waals surface area contributed by atoms with Gasteiger partial charge in [0.25, 0.3) is 5.91 Å². The molecule has 0 radical (unpaired) electrons. The highest BCUT2D eigenvalue weighted by molar-refractivity contribution is 5.96. The fourth-order valence-electron chi connectivity index (χ4n) is 4.43. The van der Waals surface area contributed by atoms with Crippen molar-refractivity contribution >= 4 is 23.5 Å². The third-order valence-corrected chi connectivity index (χ3v) is 6.04. The second-order valence-corrected chi connectivity index (χ2v) is 7.85. The number of hydrogen-bond donors (Lipinski definition) is 3. The molecular weight excluding hydrogens is 358 g/mol. The van der Waals surface area contributed by atoms with Crippen molar-refractivity contribution in [1.29, 1.82) is 0 Å². The van der Waals surface area contributed by atoms with E-state index in [9.17, 15) is 14.4 Å². The van der Waals surface area contributed by atoms with Gasteiger partial charge in [0, 0.05) is 29.8 Å². The molecule has 4 N–H and O–H groups in total. The molecule has 0 aromatic heterocycles. The van der Waals surface area contributed by atoms with Gasteiger partial charge in [-0.15, -0.1) is 0 Å². The first-order valence-electron chi connectivity index (χ1n) is 9.99. The van der Waals surface area contributed by atoms with Crippen LogP contribution in [0.25, 0.3) is 0 Å². The van der Waals surface area contributed by atoms with Crippen LogP contribution in [0.2, 0.25) is 0 Å². The minimum atomic E-state index is -0.369. The SMILES string of the molecule is COC(=O)CCNC(=O)c1ccc(NC(=O)C2CC3CCCC(C2)C3N)cc1. The first kappa shape index (κ1) is 20.3. The maximum absolute atomic E-state index is 12.7. The number of amides is 2. The Kier molecular flexibility index (Phi) is 6.67. The van der Waals surface area contributed by atoms with Crippen molar-refractivity contribution < 1.29 is 19.1 Å². The molecule has 0 spiro atoms. The number of fused-ring (bicyclic) bond motifs is 2. The van der Waals surface area contributed by atoms with Crippen LogP contribution in [0.5, 0.6) is 0 Å². The predicted molar refractivity (Wildman–Crippen MR) is 106 cm³/mol. The van der Waals surface area contributed by atoms with Gasteiger partial charge in [0.15, 0.2) is 0 Å². The third kappa shape index (κ3) is 4.90. The van der Waals surface area contributed by atoms with Crippen molar-refractivity contribution in [2.45, 2.75) is 44.6 Å². The highest BCUT2D eigenvalue weighted by Gasteiger charge is 2.40. The van der Waals surface area contributed by atoms with Crippen molar-refractivity contribution in [2.75, 3.05) is 19.0 Å². The Labute approximate surface area is 165 Å². The smallest absolute Gasteiger partial charge is 0.307 e. The van der Waals surface area contributed by atoms with Gasteiger partial charge in [-0.05, 0) is 61.8 Å². The summed E-state index contributed by atoms with van der Waals surface area (Å²) in [5, 5.41) is 5.64. The molecular formula is C21H29N3O4. The van der Waals surface area contributed by atoms with Gasteiger partial charge in [0.1, 0.15) is 0 Å². The minimum Gasteiger partial charge on any atom is -0.469 e. The summed E-state index contributed by atoms with van der Waals surface area (Å²) in [4.78, 5) is 35.8. The summed E-state index contributed by atoms with van der Waals surface area (Å²) < 4.78 is 4.53. The molecule has 2 saturated carbocycles. The molecule has 1 aromatic rings. The Balaban J connectivity index is 1.50. The Bertz CT molecular complexity index is 705. The number of anilines is 1. The zero-order valence-corrected chi connectivity index (χ0v) is 16.3.